The largest absolute Gasteiger partial charge is 0.454 e. The Morgan fingerprint density at radius 3 is 2.51 bits per heavy atom. The average Bonchev–Trinajstić information content (AvgIpc) is 3.59. The number of allylic oxidation sites excluding steroid dienone is 3. The van der Waals surface area contributed by atoms with Gasteiger partial charge in [0.15, 0.2) is 17.3 Å². The van der Waals surface area contributed by atoms with E-state index in [1.54, 1.807) is 58.3 Å². The lowest BCUT2D eigenvalue weighted by atomic mass is 9.75. The standard InChI is InChI=1S/C28H20F3N3O3/c29-28(30,31)18-5-3-6-19(14-18)34-21-7-4-8-22(35)26(21)25(17-9-10-23-24(13-17)37-16-36-23)20(15-32)27(34)33-11-1-2-12-33/h1-3,5-6,9-14,25H,4,7-8,16H2/t25-/m1/s1. The zero-order valence-electron chi connectivity index (χ0n) is 19.5. The fourth-order valence-corrected chi connectivity index (χ4v) is 5.30. The monoisotopic (exact) mass is 503 g/mol. The van der Waals surface area contributed by atoms with Crippen LogP contribution in [0.1, 0.15) is 36.3 Å². The van der Waals surface area contributed by atoms with E-state index in [0.717, 1.165) is 12.1 Å². The molecule has 9 heteroatoms. The molecule has 0 saturated heterocycles. The zero-order valence-corrected chi connectivity index (χ0v) is 19.5. The molecule has 0 spiro atoms. The Morgan fingerprint density at radius 1 is 0.973 bits per heavy atom. The van der Waals surface area contributed by atoms with Gasteiger partial charge in [-0.3, -0.25) is 9.69 Å². The van der Waals surface area contributed by atoms with Crippen molar-refractivity contribution in [1.82, 2.24) is 4.57 Å². The van der Waals surface area contributed by atoms with Gasteiger partial charge in [-0.15, -0.1) is 0 Å². The summed E-state index contributed by atoms with van der Waals surface area (Å²) in [5.74, 6) is 0.648. The SMILES string of the molecule is N#CC1=C(n2cccc2)N(c2cccc(C(F)(F)F)c2)C2=C(C(=O)CCC2)[C@@H]1c1ccc2c(c1)OCO2. The maximum absolute atomic E-state index is 13.7. The molecule has 1 aliphatic carbocycles. The van der Waals surface area contributed by atoms with Crippen molar-refractivity contribution >= 4 is 17.3 Å². The van der Waals surface area contributed by atoms with Crippen molar-refractivity contribution in [1.29, 1.82) is 5.26 Å². The molecule has 6 rings (SSSR count). The summed E-state index contributed by atoms with van der Waals surface area (Å²) < 4.78 is 53.7. The van der Waals surface area contributed by atoms with E-state index in [9.17, 15) is 23.2 Å². The van der Waals surface area contributed by atoms with Crippen molar-refractivity contribution < 1.29 is 27.4 Å². The molecule has 1 aromatic heterocycles. The third-order valence-electron chi connectivity index (χ3n) is 6.86. The van der Waals surface area contributed by atoms with E-state index in [4.69, 9.17) is 9.47 Å². The number of anilines is 1. The number of rotatable bonds is 3. The third kappa shape index (κ3) is 3.76. The molecule has 0 fully saturated rings. The van der Waals surface area contributed by atoms with Crippen LogP contribution >= 0.6 is 0 Å². The molecule has 3 heterocycles. The molecule has 3 aromatic rings. The highest BCUT2D eigenvalue weighted by molar-refractivity contribution is 6.03. The molecule has 3 aliphatic rings. The number of fused-ring (bicyclic) bond motifs is 1. The van der Waals surface area contributed by atoms with E-state index < -0.39 is 17.7 Å². The predicted molar refractivity (Wildman–Crippen MR) is 128 cm³/mol. The van der Waals surface area contributed by atoms with Crippen LogP contribution in [0.25, 0.3) is 5.82 Å². The number of hydrogen-bond donors (Lipinski definition) is 0. The molecular formula is C28H20F3N3O3. The van der Waals surface area contributed by atoms with Gasteiger partial charge in [-0.25, -0.2) is 0 Å². The van der Waals surface area contributed by atoms with E-state index in [2.05, 4.69) is 6.07 Å². The van der Waals surface area contributed by atoms with Crippen molar-refractivity contribution in [2.75, 3.05) is 11.7 Å². The fraction of sp³-hybridized carbons (Fsp3) is 0.214. The summed E-state index contributed by atoms with van der Waals surface area (Å²) in [7, 11) is 0. The van der Waals surface area contributed by atoms with Gasteiger partial charge in [-0.05, 0) is 60.9 Å². The number of carbonyl (C=O) groups excluding carboxylic acids is 1. The lowest BCUT2D eigenvalue weighted by molar-refractivity contribution is -0.137. The summed E-state index contributed by atoms with van der Waals surface area (Å²) in [5.41, 5.74) is 1.38. The Morgan fingerprint density at radius 2 is 1.76 bits per heavy atom. The fourth-order valence-electron chi connectivity index (χ4n) is 5.30. The number of aromatic nitrogens is 1. The first-order valence-electron chi connectivity index (χ1n) is 11.8. The molecule has 0 bridgehead atoms. The topological polar surface area (TPSA) is 67.5 Å². The molecular weight excluding hydrogens is 483 g/mol. The molecule has 0 saturated carbocycles. The van der Waals surface area contributed by atoms with Crippen LogP contribution in [0.4, 0.5) is 18.9 Å². The van der Waals surface area contributed by atoms with Gasteiger partial charge in [0.05, 0.1) is 23.1 Å². The van der Waals surface area contributed by atoms with E-state index in [1.807, 2.05) is 0 Å². The van der Waals surface area contributed by atoms with Crippen molar-refractivity contribution in [2.24, 2.45) is 0 Å². The van der Waals surface area contributed by atoms with Gasteiger partial charge in [0.2, 0.25) is 6.79 Å². The number of ketones is 1. The first-order chi connectivity index (χ1) is 17.9. The Kier molecular flexibility index (Phi) is 5.33. The van der Waals surface area contributed by atoms with Crippen LogP contribution in [0.15, 0.2) is 83.8 Å². The highest BCUT2D eigenvalue weighted by atomic mass is 19.4. The van der Waals surface area contributed by atoms with E-state index >= 15 is 0 Å². The lowest BCUT2D eigenvalue weighted by Gasteiger charge is -2.41. The number of carbonyl (C=O) groups is 1. The highest BCUT2D eigenvalue weighted by Crippen LogP contribution is 2.50. The molecule has 0 N–H and O–H groups in total. The number of alkyl halides is 3. The van der Waals surface area contributed by atoms with E-state index in [0.29, 0.717) is 53.4 Å². The van der Waals surface area contributed by atoms with Crippen LogP contribution in [0, 0.1) is 11.3 Å². The minimum absolute atomic E-state index is 0.0786. The highest BCUT2D eigenvalue weighted by Gasteiger charge is 2.42. The summed E-state index contributed by atoms with van der Waals surface area (Å²) >= 11 is 0. The number of hydrogen-bond acceptors (Lipinski definition) is 5. The second-order valence-electron chi connectivity index (χ2n) is 9.01. The van der Waals surface area contributed by atoms with Gasteiger partial charge >= 0.3 is 6.18 Å². The zero-order chi connectivity index (χ0) is 25.7. The van der Waals surface area contributed by atoms with Gasteiger partial charge in [-0.1, -0.05) is 12.1 Å². The molecule has 1 atom stereocenters. The summed E-state index contributed by atoms with van der Waals surface area (Å²) in [6.45, 7) is 0.0786. The van der Waals surface area contributed by atoms with Crippen LogP contribution in [0.3, 0.4) is 0 Å². The van der Waals surface area contributed by atoms with Crippen molar-refractivity contribution in [3.8, 4) is 17.6 Å². The molecule has 186 valence electrons. The molecule has 37 heavy (non-hydrogen) atoms. The number of ether oxygens (including phenoxy) is 2. The van der Waals surface area contributed by atoms with Crippen LogP contribution in [0.2, 0.25) is 0 Å². The number of Topliss-reactive ketones (excluding diaryl/α,β-unsaturated/α-hetero) is 1. The minimum atomic E-state index is -4.55. The van der Waals surface area contributed by atoms with Gasteiger partial charge < -0.3 is 14.0 Å². The van der Waals surface area contributed by atoms with Crippen LogP contribution < -0.4 is 14.4 Å². The first-order valence-corrected chi connectivity index (χ1v) is 11.8. The normalized spacial score (nSPS) is 19.2. The van der Waals surface area contributed by atoms with Gasteiger partial charge in [-0.2, -0.15) is 18.4 Å². The molecule has 0 radical (unpaired) electrons. The van der Waals surface area contributed by atoms with Gasteiger partial charge in [0, 0.05) is 35.8 Å². The minimum Gasteiger partial charge on any atom is -0.454 e. The summed E-state index contributed by atoms with van der Waals surface area (Å²) in [5, 5.41) is 10.5. The average molecular weight is 503 g/mol. The van der Waals surface area contributed by atoms with Crippen molar-refractivity contribution in [3.05, 3.63) is 95.0 Å². The molecule has 0 amide bonds. The van der Waals surface area contributed by atoms with Crippen LogP contribution in [-0.2, 0) is 11.0 Å². The quantitative estimate of drug-likeness (QED) is 0.423. The van der Waals surface area contributed by atoms with Crippen LogP contribution in [-0.4, -0.2) is 17.1 Å². The smallest absolute Gasteiger partial charge is 0.416 e. The maximum atomic E-state index is 13.7. The second kappa shape index (κ2) is 8.59. The van der Waals surface area contributed by atoms with E-state index in [-0.39, 0.29) is 23.8 Å². The number of halogens is 3. The Bertz CT molecular complexity index is 1510. The number of benzene rings is 2. The van der Waals surface area contributed by atoms with Crippen molar-refractivity contribution in [3.63, 3.8) is 0 Å². The summed E-state index contributed by atoms with van der Waals surface area (Å²) in [4.78, 5) is 15.1. The Labute approximate surface area is 210 Å². The number of nitrogens with zero attached hydrogens (tertiary/aromatic N) is 3. The lowest BCUT2D eigenvalue weighted by Crippen LogP contribution is -2.36. The molecule has 0 unspecified atom stereocenters. The van der Waals surface area contributed by atoms with E-state index in [1.165, 1.54) is 6.07 Å². The Balaban J connectivity index is 1.64. The number of nitriles is 1. The maximum Gasteiger partial charge on any atom is 0.416 e. The molecule has 6 nitrogen and oxygen atoms in total. The van der Waals surface area contributed by atoms with Crippen LogP contribution in [0.5, 0.6) is 11.5 Å². The first kappa shape index (κ1) is 23.0. The third-order valence-corrected chi connectivity index (χ3v) is 6.86. The molecule has 2 aromatic carbocycles. The summed E-state index contributed by atoms with van der Waals surface area (Å²) in [6, 6.07) is 16.1. The van der Waals surface area contributed by atoms with Crippen molar-refractivity contribution in [2.45, 2.75) is 31.4 Å². The van der Waals surface area contributed by atoms with Gasteiger partial charge in [0.25, 0.3) is 0 Å². The molecule has 2 aliphatic heterocycles. The summed E-state index contributed by atoms with van der Waals surface area (Å²) in [6.07, 6.45) is 0.258. The van der Waals surface area contributed by atoms with Gasteiger partial charge in [0.1, 0.15) is 5.82 Å². The second-order valence-corrected chi connectivity index (χ2v) is 9.01. The Hall–Kier alpha value is -4.45. The predicted octanol–water partition coefficient (Wildman–Crippen LogP) is 6.24.